The van der Waals surface area contributed by atoms with Gasteiger partial charge in [0.05, 0.1) is 6.54 Å². The molecular weight excluding hydrogens is 176 g/mol. The van der Waals surface area contributed by atoms with Gasteiger partial charge in [0, 0.05) is 6.54 Å². The summed E-state index contributed by atoms with van der Waals surface area (Å²) in [4.78, 5) is 4.25. The molecule has 0 aliphatic rings. The first-order valence-corrected chi connectivity index (χ1v) is 5.32. The first kappa shape index (κ1) is 11.2. The fourth-order valence-corrected chi connectivity index (χ4v) is 1.38. The minimum absolute atomic E-state index is 0.857. The predicted molar refractivity (Wildman–Crippen MR) is 57.3 cm³/mol. The van der Waals surface area contributed by atoms with Gasteiger partial charge in [-0.15, -0.1) is 0 Å². The van der Waals surface area contributed by atoms with Gasteiger partial charge < -0.3 is 5.32 Å². The Labute approximate surface area is 85.7 Å². The van der Waals surface area contributed by atoms with Gasteiger partial charge in [-0.05, 0) is 26.8 Å². The van der Waals surface area contributed by atoms with Gasteiger partial charge in [-0.25, -0.2) is 9.67 Å². The zero-order valence-electron chi connectivity index (χ0n) is 9.38. The molecular formula is C10H20N4. The predicted octanol–water partition coefficient (Wildman–Crippen LogP) is 1.28. The topological polar surface area (TPSA) is 42.7 Å². The molecule has 0 aromatic carbocycles. The third-order valence-electron chi connectivity index (χ3n) is 2.17. The van der Waals surface area contributed by atoms with E-state index in [2.05, 4.69) is 22.3 Å². The van der Waals surface area contributed by atoms with Crippen molar-refractivity contribution in [1.82, 2.24) is 20.1 Å². The second-order valence-electron chi connectivity index (χ2n) is 3.53. The highest BCUT2D eigenvalue weighted by Crippen LogP contribution is 1.94. The highest BCUT2D eigenvalue weighted by molar-refractivity contribution is 4.87. The smallest absolute Gasteiger partial charge is 0.147 e. The third-order valence-corrected chi connectivity index (χ3v) is 2.17. The standard InChI is InChI=1S/C10H20N4/c1-4-5-6-11-7-8-14-10(3)12-9(2)13-14/h11H,4-8H2,1-3H3. The second kappa shape index (κ2) is 5.75. The van der Waals surface area contributed by atoms with Crippen LogP contribution in [0.2, 0.25) is 0 Å². The van der Waals surface area contributed by atoms with E-state index in [-0.39, 0.29) is 0 Å². The van der Waals surface area contributed by atoms with E-state index < -0.39 is 0 Å². The van der Waals surface area contributed by atoms with Gasteiger partial charge in [0.2, 0.25) is 0 Å². The Morgan fingerprint density at radius 1 is 1.29 bits per heavy atom. The number of rotatable bonds is 6. The minimum Gasteiger partial charge on any atom is -0.315 e. The van der Waals surface area contributed by atoms with Crippen LogP contribution < -0.4 is 5.32 Å². The van der Waals surface area contributed by atoms with Gasteiger partial charge >= 0.3 is 0 Å². The molecule has 4 heteroatoms. The number of aromatic nitrogens is 3. The normalized spacial score (nSPS) is 10.8. The summed E-state index contributed by atoms with van der Waals surface area (Å²) < 4.78 is 1.95. The van der Waals surface area contributed by atoms with Crippen molar-refractivity contribution in [3.8, 4) is 0 Å². The van der Waals surface area contributed by atoms with Crippen molar-refractivity contribution in [2.75, 3.05) is 13.1 Å². The molecule has 1 N–H and O–H groups in total. The fourth-order valence-electron chi connectivity index (χ4n) is 1.38. The SMILES string of the molecule is CCCCNCCn1nc(C)nc1C. The third kappa shape index (κ3) is 3.46. The van der Waals surface area contributed by atoms with Crippen molar-refractivity contribution in [3.05, 3.63) is 11.6 Å². The van der Waals surface area contributed by atoms with E-state index in [0.29, 0.717) is 0 Å². The van der Waals surface area contributed by atoms with E-state index in [4.69, 9.17) is 0 Å². The lowest BCUT2D eigenvalue weighted by Gasteiger charge is -2.04. The Kier molecular flexibility index (Phi) is 4.59. The lowest BCUT2D eigenvalue weighted by molar-refractivity contribution is 0.533. The lowest BCUT2D eigenvalue weighted by atomic mass is 10.3. The van der Waals surface area contributed by atoms with Gasteiger partial charge in [-0.2, -0.15) is 5.10 Å². The molecule has 0 fully saturated rings. The first-order valence-electron chi connectivity index (χ1n) is 5.32. The number of aryl methyl sites for hydroxylation is 2. The molecule has 1 aromatic rings. The van der Waals surface area contributed by atoms with Crippen LogP contribution in [0.1, 0.15) is 31.4 Å². The minimum atomic E-state index is 0.857. The molecule has 0 radical (unpaired) electrons. The van der Waals surface area contributed by atoms with Crippen LogP contribution in [0.5, 0.6) is 0 Å². The van der Waals surface area contributed by atoms with E-state index in [0.717, 1.165) is 31.3 Å². The van der Waals surface area contributed by atoms with E-state index in [1.165, 1.54) is 12.8 Å². The Hall–Kier alpha value is -0.900. The molecule has 0 bridgehead atoms. The van der Waals surface area contributed by atoms with Crippen molar-refractivity contribution in [1.29, 1.82) is 0 Å². The molecule has 0 spiro atoms. The van der Waals surface area contributed by atoms with Crippen molar-refractivity contribution >= 4 is 0 Å². The molecule has 0 aliphatic carbocycles. The zero-order valence-corrected chi connectivity index (χ0v) is 9.38. The van der Waals surface area contributed by atoms with E-state index >= 15 is 0 Å². The van der Waals surface area contributed by atoms with Crippen molar-refractivity contribution in [3.63, 3.8) is 0 Å². The maximum atomic E-state index is 4.29. The number of nitrogens with zero attached hydrogens (tertiary/aromatic N) is 3. The van der Waals surface area contributed by atoms with Gasteiger partial charge in [0.1, 0.15) is 11.6 Å². The van der Waals surface area contributed by atoms with Crippen molar-refractivity contribution in [2.45, 2.75) is 40.2 Å². The van der Waals surface area contributed by atoms with Gasteiger partial charge in [-0.1, -0.05) is 13.3 Å². The molecule has 0 aliphatic heterocycles. The Morgan fingerprint density at radius 3 is 2.64 bits per heavy atom. The largest absolute Gasteiger partial charge is 0.315 e. The monoisotopic (exact) mass is 196 g/mol. The van der Waals surface area contributed by atoms with Crippen LogP contribution in [-0.2, 0) is 6.54 Å². The molecule has 14 heavy (non-hydrogen) atoms. The first-order chi connectivity index (χ1) is 6.74. The summed E-state index contributed by atoms with van der Waals surface area (Å²) >= 11 is 0. The molecule has 0 unspecified atom stereocenters. The lowest BCUT2D eigenvalue weighted by Crippen LogP contribution is -2.22. The van der Waals surface area contributed by atoms with Crippen LogP contribution in [0.4, 0.5) is 0 Å². The Morgan fingerprint density at radius 2 is 2.07 bits per heavy atom. The van der Waals surface area contributed by atoms with Gasteiger partial charge in [-0.3, -0.25) is 0 Å². The number of hydrogen-bond donors (Lipinski definition) is 1. The summed E-state index contributed by atoms with van der Waals surface area (Å²) in [6.45, 7) is 9.11. The summed E-state index contributed by atoms with van der Waals surface area (Å²) in [5.74, 6) is 1.86. The summed E-state index contributed by atoms with van der Waals surface area (Å²) in [7, 11) is 0. The van der Waals surface area contributed by atoms with Crippen LogP contribution in [0, 0.1) is 13.8 Å². The summed E-state index contributed by atoms with van der Waals surface area (Å²) in [5, 5.41) is 7.68. The molecule has 4 nitrogen and oxygen atoms in total. The quantitative estimate of drug-likeness (QED) is 0.697. The van der Waals surface area contributed by atoms with E-state index in [1.807, 2.05) is 18.5 Å². The zero-order chi connectivity index (χ0) is 10.4. The summed E-state index contributed by atoms with van der Waals surface area (Å²) in [6.07, 6.45) is 2.49. The number of unbranched alkanes of at least 4 members (excludes halogenated alkanes) is 1. The Balaban J connectivity index is 2.21. The van der Waals surface area contributed by atoms with E-state index in [1.54, 1.807) is 0 Å². The average molecular weight is 196 g/mol. The van der Waals surface area contributed by atoms with Crippen molar-refractivity contribution in [2.24, 2.45) is 0 Å². The van der Waals surface area contributed by atoms with Crippen LogP contribution in [-0.4, -0.2) is 27.9 Å². The van der Waals surface area contributed by atoms with Crippen molar-refractivity contribution < 1.29 is 0 Å². The molecule has 1 heterocycles. The molecule has 0 saturated carbocycles. The van der Waals surface area contributed by atoms with Crippen LogP contribution in [0.3, 0.4) is 0 Å². The summed E-state index contributed by atoms with van der Waals surface area (Å²) in [5.41, 5.74) is 0. The molecule has 0 saturated heterocycles. The molecule has 1 rings (SSSR count). The molecule has 0 amide bonds. The van der Waals surface area contributed by atoms with Crippen LogP contribution >= 0.6 is 0 Å². The Bertz CT molecular complexity index is 267. The maximum absolute atomic E-state index is 4.29. The number of hydrogen-bond acceptors (Lipinski definition) is 3. The number of nitrogens with one attached hydrogen (secondary N) is 1. The average Bonchev–Trinajstić information content (AvgIpc) is 2.45. The van der Waals surface area contributed by atoms with Gasteiger partial charge in [0.25, 0.3) is 0 Å². The molecule has 1 aromatic heterocycles. The molecule has 80 valence electrons. The maximum Gasteiger partial charge on any atom is 0.147 e. The van der Waals surface area contributed by atoms with E-state index in [9.17, 15) is 0 Å². The fraction of sp³-hybridized carbons (Fsp3) is 0.800. The van der Waals surface area contributed by atoms with Gasteiger partial charge in [0.15, 0.2) is 0 Å². The second-order valence-corrected chi connectivity index (χ2v) is 3.53. The molecule has 0 atom stereocenters. The highest BCUT2D eigenvalue weighted by Gasteiger charge is 2.00. The van der Waals surface area contributed by atoms with Crippen LogP contribution in [0.25, 0.3) is 0 Å². The highest BCUT2D eigenvalue weighted by atomic mass is 15.3. The van der Waals surface area contributed by atoms with Crippen LogP contribution in [0.15, 0.2) is 0 Å². The summed E-state index contributed by atoms with van der Waals surface area (Å²) in [6, 6.07) is 0.